The van der Waals surface area contributed by atoms with Crippen LogP contribution in [-0.4, -0.2) is 15.9 Å². The van der Waals surface area contributed by atoms with E-state index in [1.165, 1.54) is 6.07 Å². The van der Waals surface area contributed by atoms with Gasteiger partial charge in [0.05, 0.1) is 6.42 Å². The molecule has 3 rings (SSSR count). The minimum absolute atomic E-state index is 0.0867. The summed E-state index contributed by atoms with van der Waals surface area (Å²) in [4.78, 5) is 16.1. The summed E-state index contributed by atoms with van der Waals surface area (Å²) in [6.07, 6.45) is 4.11. The van der Waals surface area contributed by atoms with Crippen LogP contribution in [0.2, 0.25) is 0 Å². The second kappa shape index (κ2) is 5.71. The Morgan fingerprint density at radius 1 is 1.24 bits per heavy atom. The van der Waals surface area contributed by atoms with Crippen molar-refractivity contribution in [2.45, 2.75) is 32.1 Å². The van der Waals surface area contributed by atoms with E-state index in [-0.39, 0.29) is 29.8 Å². The average Bonchev–Trinajstić information content (AvgIpc) is 3.12. The van der Waals surface area contributed by atoms with Gasteiger partial charge in [-0.3, -0.25) is 4.79 Å². The standard InChI is InChI=1S/C15H14F2N2O2/c16-11-6-5-10(7-12(11)17)15-18-14(21-19-15)8-13(20)9-3-1-2-4-9/h5-7,9H,1-4,8H2. The van der Waals surface area contributed by atoms with Crippen molar-refractivity contribution in [2.24, 2.45) is 5.92 Å². The second-order valence-corrected chi connectivity index (χ2v) is 5.27. The van der Waals surface area contributed by atoms with Crippen molar-refractivity contribution in [3.05, 3.63) is 35.7 Å². The second-order valence-electron chi connectivity index (χ2n) is 5.27. The van der Waals surface area contributed by atoms with Crippen LogP contribution >= 0.6 is 0 Å². The van der Waals surface area contributed by atoms with Gasteiger partial charge < -0.3 is 4.52 Å². The van der Waals surface area contributed by atoms with Crippen LogP contribution in [0, 0.1) is 17.6 Å². The first-order valence-corrected chi connectivity index (χ1v) is 6.94. The zero-order valence-electron chi connectivity index (χ0n) is 11.3. The van der Waals surface area contributed by atoms with Gasteiger partial charge in [0.25, 0.3) is 0 Å². The highest BCUT2D eigenvalue weighted by Gasteiger charge is 2.24. The number of carbonyl (C=O) groups excluding carboxylic acids is 1. The Bertz CT molecular complexity index is 663. The molecule has 0 unspecified atom stereocenters. The third-order valence-electron chi connectivity index (χ3n) is 3.78. The van der Waals surface area contributed by atoms with Crippen LogP contribution in [0.5, 0.6) is 0 Å². The van der Waals surface area contributed by atoms with Gasteiger partial charge in [-0.25, -0.2) is 8.78 Å². The normalized spacial score (nSPS) is 15.5. The molecule has 0 radical (unpaired) electrons. The SMILES string of the molecule is O=C(Cc1nc(-c2ccc(F)c(F)c2)no1)C1CCCC1. The molecule has 1 aromatic heterocycles. The molecule has 1 aliphatic rings. The summed E-state index contributed by atoms with van der Waals surface area (Å²) >= 11 is 0. The molecule has 1 aromatic carbocycles. The minimum atomic E-state index is -0.971. The van der Waals surface area contributed by atoms with E-state index in [2.05, 4.69) is 10.1 Å². The highest BCUT2D eigenvalue weighted by Crippen LogP contribution is 2.26. The molecule has 1 heterocycles. The van der Waals surface area contributed by atoms with Crippen LogP contribution in [0.3, 0.4) is 0 Å². The van der Waals surface area contributed by atoms with Crippen LogP contribution < -0.4 is 0 Å². The highest BCUT2D eigenvalue weighted by molar-refractivity contribution is 5.82. The summed E-state index contributed by atoms with van der Waals surface area (Å²) in [6.45, 7) is 0. The van der Waals surface area contributed by atoms with Gasteiger partial charge in [-0.15, -0.1) is 0 Å². The third kappa shape index (κ3) is 2.99. The molecular formula is C15H14F2N2O2. The highest BCUT2D eigenvalue weighted by atomic mass is 19.2. The van der Waals surface area contributed by atoms with E-state index in [0.717, 1.165) is 37.8 Å². The zero-order valence-corrected chi connectivity index (χ0v) is 11.3. The first kappa shape index (κ1) is 13.9. The summed E-state index contributed by atoms with van der Waals surface area (Å²) in [5, 5.41) is 3.71. The molecule has 6 heteroatoms. The summed E-state index contributed by atoms with van der Waals surface area (Å²) in [5.74, 6) is -1.34. The Balaban J connectivity index is 1.73. The number of carbonyl (C=O) groups is 1. The van der Waals surface area contributed by atoms with E-state index >= 15 is 0 Å². The molecule has 1 fully saturated rings. The Labute approximate surface area is 120 Å². The zero-order chi connectivity index (χ0) is 14.8. The lowest BCUT2D eigenvalue weighted by Crippen LogP contribution is -2.13. The number of rotatable bonds is 4. The maximum atomic E-state index is 13.2. The summed E-state index contributed by atoms with van der Waals surface area (Å²) in [5.41, 5.74) is 0.317. The molecule has 0 atom stereocenters. The largest absolute Gasteiger partial charge is 0.339 e. The summed E-state index contributed by atoms with van der Waals surface area (Å²) in [7, 11) is 0. The van der Waals surface area contributed by atoms with Gasteiger partial charge in [0.15, 0.2) is 11.6 Å². The van der Waals surface area contributed by atoms with Crippen LogP contribution in [-0.2, 0) is 11.2 Å². The van der Waals surface area contributed by atoms with Gasteiger partial charge in [-0.2, -0.15) is 4.98 Å². The number of hydrogen-bond acceptors (Lipinski definition) is 4. The number of benzene rings is 1. The Hall–Kier alpha value is -2.11. The van der Waals surface area contributed by atoms with Crippen molar-refractivity contribution in [2.75, 3.05) is 0 Å². The average molecular weight is 292 g/mol. The van der Waals surface area contributed by atoms with Gasteiger partial charge in [0.2, 0.25) is 11.7 Å². The van der Waals surface area contributed by atoms with Gasteiger partial charge in [-0.1, -0.05) is 18.0 Å². The lowest BCUT2D eigenvalue weighted by Gasteiger charge is -2.04. The first-order chi connectivity index (χ1) is 10.1. The van der Waals surface area contributed by atoms with Crippen molar-refractivity contribution < 1.29 is 18.1 Å². The fourth-order valence-corrected chi connectivity index (χ4v) is 2.62. The fourth-order valence-electron chi connectivity index (χ4n) is 2.62. The minimum Gasteiger partial charge on any atom is -0.339 e. The van der Waals surface area contributed by atoms with E-state index < -0.39 is 11.6 Å². The van der Waals surface area contributed by atoms with Crippen molar-refractivity contribution >= 4 is 5.78 Å². The maximum absolute atomic E-state index is 13.2. The number of aromatic nitrogens is 2. The number of hydrogen-bond donors (Lipinski definition) is 0. The first-order valence-electron chi connectivity index (χ1n) is 6.94. The van der Waals surface area contributed by atoms with Crippen LogP contribution in [0.4, 0.5) is 8.78 Å². The Morgan fingerprint density at radius 2 is 2.00 bits per heavy atom. The number of Topliss-reactive ketones (excluding diaryl/α,β-unsaturated/α-hetero) is 1. The maximum Gasteiger partial charge on any atom is 0.234 e. The van der Waals surface area contributed by atoms with Crippen LogP contribution in [0.25, 0.3) is 11.4 Å². The lowest BCUT2D eigenvalue weighted by atomic mass is 10.0. The third-order valence-corrected chi connectivity index (χ3v) is 3.78. The van der Waals surface area contributed by atoms with Gasteiger partial charge in [0.1, 0.15) is 5.78 Å². The van der Waals surface area contributed by atoms with E-state index in [1.54, 1.807) is 0 Å². The number of halogens is 2. The molecule has 0 N–H and O–H groups in total. The molecule has 4 nitrogen and oxygen atoms in total. The molecule has 0 bridgehead atoms. The van der Waals surface area contributed by atoms with Crippen molar-refractivity contribution in [1.29, 1.82) is 0 Å². The molecule has 0 amide bonds. The Morgan fingerprint density at radius 3 is 2.71 bits per heavy atom. The van der Waals surface area contributed by atoms with Gasteiger partial charge in [-0.05, 0) is 31.0 Å². The fraction of sp³-hybridized carbons (Fsp3) is 0.400. The van der Waals surface area contributed by atoms with Crippen molar-refractivity contribution in [1.82, 2.24) is 10.1 Å². The van der Waals surface area contributed by atoms with Crippen LogP contribution in [0.15, 0.2) is 22.7 Å². The monoisotopic (exact) mass is 292 g/mol. The molecule has 0 aliphatic heterocycles. The van der Waals surface area contributed by atoms with Crippen molar-refractivity contribution in [3.8, 4) is 11.4 Å². The molecule has 1 saturated carbocycles. The summed E-state index contributed by atoms with van der Waals surface area (Å²) < 4.78 is 31.1. The van der Waals surface area contributed by atoms with E-state index in [1.807, 2.05) is 0 Å². The number of ketones is 1. The molecule has 0 spiro atoms. The molecule has 2 aromatic rings. The Kier molecular flexibility index (Phi) is 3.77. The molecule has 110 valence electrons. The van der Waals surface area contributed by atoms with Gasteiger partial charge >= 0.3 is 0 Å². The summed E-state index contributed by atoms with van der Waals surface area (Å²) in [6, 6.07) is 3.37. The molecule has 1 aliphatic carbocycles. The van der Waals surface area contributed by atoms with Gasteiger partial charge in [0, 0.05) is 11.5 Å². The smallest absolute Gasteiger partial charge is 0.234 e. The van der Waals surface area contributed by atoms with Crippen molar-refractivity contribution in [3.63, 3.8) is 0 Å². The molecule has 0 saturated heterocycles. The predicted molar refractivity (Wildman–Crippen MR) is 70.3 cm³/mol. The van der Waals surface area contributed by atoms with Crippen LogP contribution in [0.1, 0.15) is 31.6 Å². The molecular weight excluding hydrogens is 278 g/mol. The quantitative estimate of drug-likeness (QED) is 0.867. The van der Waals surface area contributed by atoms with E-state index in [0.29, 0.717) is 5.56 Å². The topological polar surface area (TPSA) is 56.0 Å². The number of nitrogens with zero attached hydrogens (tertiary/aromatic N) is 2. The molecule has 21 heavy (non-hydrogen) atoms. The van der Waals surface area contributed by atoms with E-state index in [9.17, 15) is 13.6 Å². The predicted octanol–water partition coefficient (Wildman–Crippen LogP) is 3.32. The lowest BCUT2D eigenvalue weighted by molar-refractivity contribution is -0.122. The van der Waals surface area contributed by atoms with E-state index in [4.69, 9.17) is 4.52 Å².